The summed E-state index contributed by atoms with van der Waals surface area (Å²) < 4.78 is 5.50. The van der Waals surface area contributed by atoms with Gasteiger partial charge in [0.2, 0.25) is 0 Å². The first-order valence-electron chi connectivity index (χ1n) is 8.30. The third-order valence-electron chi connectivity index (χ3n) is 4.88. The molecule has 0 amide bonds. The molecule has 126 valence electrons. The number of aromatic nitrogens is 8. The molecule has 25 heavy (non-hydrogen) atoms. The maximum atomic E-state index is 4.72. The van der Waals surface area contributed by atoms with Crippen molar-refractivity contribution in [2.45, 2.75) is 25.2 Å². The van der Waals surface area contributed by atoms with E-state index in [1.165, 1.54) is 5.56 Å². The molecule has 1 fully saturated rings. The van der Waals surface area contributed by atoms with Gasteiger partial charge >= 0.3 is 0 Å². The third kappa shape index (κ3) is 2.25. The summed E-state index contributed by atoms with van der Waals surface area (Å²) >= 11 is 0. The molecular formula is C17H18N8. The molecule has 0 aliphatic heterocycles. The molecule has 0 saturated heterocycles. The molecule has 0 bridgehead atoms. The summed E-state index contributed by atoms with van der Waals surface area (Å²) in [6.45, 7) is 1.97. The van der Waals surface area contributed by atoms with Crippen molar-refractivity contribution in [2.75, 3.05) is 0 Å². The van der Waals surface area contributed by atoms with Crippen molar-refractivity contribution in [3.05, 3.63) is 47.8 Å². The lowest BCUT2D eigenvalue weighted by Gasteiger charge is -2.01. The first-order valence-corrected chi connectivity index (χ1v) is 8.30. The SMILES string of the molecule is Cc1cnc2ncc(-c3cc(C4CC4c4cnn(C)c4)nn3C)nn12. The Balaban J connectivity index is 1.48. The van der Waals surface area contributed by atoms with Gasteiger partial charge in [-0.2, -0.15) is 15.3 Å². The van der Waals surface area contributed by atoms with E-state index in [1.54, 1.807) is 16.9 Å². The van der Waals surface area contributed by atoms with Gasteiger partial charge in [0.15, 0.2) is 0 Å². The van der Waals surface area contributed by atoms with Gasteiger partial charge in [-0.1, -0.05) is 0 Å². The summed E-state index contributed by atoms with van der Waals surface area (Å²) in [6, 6.07) is 2.13. The second-order valence-corrected chi connectivity index (χ2v) is 6.73. The van der Waals surface area contributed by atoms with E-state index in [0.29, 0.717) is 17.6 Å². The van der Waals surface area contributed by atoms with Crippen LogP contribution in [0.2, 0.25) is 0 Å². The Morgan fingerprint density at radius 3 is 2.68 bits per heavy atom. The third-order valence-corrected chi connectivity index (χ3v) is 4.88. The zero-order chi connectivity index (χ0) is 17.1. The maximum Gasteiger partial charge on any atom is 0.250 e. The van der Waals surface area contributed by atoms with Crippen LogP contribution in [0, 0.1) is 6.92 Å². The van der Waals surface area contributed by atoms with Crippen molar-refractivity contribution in [1.82, 2.24) is 39.1 Å². The molecule has 0 aromatic carbocycles. The van der Waals surface area contributed by atoms with E-state index in [1.807, 2.05) is 36.6 Å². The highest BCUT2D eigenvalue weighted by atomic mass is 15.3. The Morgan fingerprint density at radius 2 is 1.88 bits per heavy atom. The van der Waals surface area contributed by atoms with Gasteiger partial charge in [-0.25, -0.2) is 14.5 Å². The van der Waals surface area contributed by atoms with Crippen LogP contribution >= 0.6 is 0 Å². The van der Waals surface area contributed by atoms with Crippen LogP contribution in [-0.4, -0.2) is 39.1 Å². The molecule has 4 heterocycles. The lowest BCUT2D eigenvalue weighted by molar-refractivity contribution is 0.740. The highest BCUT2D eigenvalue weighted by molar-refractivity contribution is 5.55. The fraction of sp³-hybridized carbons (Fsp3) is 0.353. The van der Waals surface area contributed by atoms with E-state index in [4.69, 9.17) is 5.10 Å². The molecule has 1 aliphatic carbocycles. The summed E-state index contributed by atoms with van der Waals surface area (Å²) in [5, 5.41) is 13.6. The van der Waals surface area contributed by atoms with E-state index in [9.17, 15) is 0 Å². The van der Waals surface area contributed by atoms with Crippen LogP contribution in [-0.2, 0) is 14.1 Å². The van der Waals surface area contributed by atoms with Gasteiger partial charge in [-0.15, -0.1) is 0 Å². The minimum Gasteiger partial charge on any atom is -0.276 e. The monoisotopic (exact) mass is 334 g/mol. The number of rotatable bonds is 3. The van der Waals surface area contributed by atoms with Gasteiger partial charge in [0.05, 0.1) is 35.7 Å². The van der Waals surface area contributed by atoms with E-state index in [0.717, 1.165) is 29.2 Å². The number of nitrogens with zero attached hydrogens (tertiary/aromatic N) is 8. The Hall–Kier alpha value is -3.03. The molecular weight excluding hydrogens is 316 g/mol. The molecule has 8 nitrogen and oxygen atoms in total. The Kier molecular flexibility index (Phi) is 2.85. The fourth-order valence-electron chi connectivity index (χ4n) is 3.43. The predicted molar refractivity (Wildman–Crippen MR) is 91.0 cm³/mol. The van der Waals surface area contributed by atoms with Gasteiger partial charge in [0.25, 0.3) is 5.78 Å². The van der Waals surface area contributed by atoms with Crippen LogP contribution in [0.1, 0.15) is 35.2 Å². The zero-order valence-electron chi connectivity index (χ0n) is 14.3. The van der Waals surface area contributed by atoms with Gasteiger partial charge in [-0.05, 0) is 30.9 Å². The fourth-order valence-corrected chi connectivity index (χ4v) is 3.43. The lowest BCUT2D eigenvalue weighted by Crippen LogP contribution is -2.02. The molecule has 2 unspecified atom stereocenters. The quantitative estimate of drug-likeness (QED) is 0.571. The van der Waals surface area contributed by atoms with Crippen molar-refractivity contribution in [2.24, 2.45) is 14.1 Å². The van der Waals surface area contributed by atoms with Crippen LogP contribution in [0.3, 0.4) is 0 Å². The van der Waals surface area contributed by atoms with Gasteiger partial charge < -0.3 is 0 Å². The number of aryl methyl sites for hydroxylation is 3. The largest absolute Gasteiger partial charge is 0.276 e. The van der Waals surface area contributed by atoms with Crippen LogP contribution in [0.5, 0.6) is 0 Å². The second kappa shape index (κ2) is 4.98. The average Bonchev–Trinajstić information content (AvgIpc) is 2.91. The molecule has 5 rings (SSSR count). The minimum atomic E-state index is 0.454. The number of hydrogen-bond donors (Lipinski definition) is 0. The predicted octanol–water partition coefficient (Wildman–Crippen LogP) is 1.84. The minimum absolute atomic E-state index is 0.454. The van der Waals surface area contributed by atoms with Crippen LogP contribution < -0.4 is 0 Å². The van der Waals surface area contributed by atoms with Crippen LogP contribution in [0.4, 0.5) is 0 Å². The summed E-state index contributed by atoms with van der Waals surface area (Å²) in [6.07, 6.45) is 8.70. The number of hydrogen-bond acceptors (Lipinski definition) is 5. The average molecular weight is 334 g/mol. The molecule has 1 saturated carbocycles. The van der Waals surface area contributed by atoms with Crippen LogP contribution in [0.25, 0.3) is 17.2 Å². The highest BCUT2D eigenvalue weighted by Gasteiger charge is 2.42. The van der Waals surface area contributed by atoms with Crippen molar-refractivity contribution in [3.8, 4) is 11.4 Å². The molecule has 4 aromatic rings. The normalized spacial score (nSPS) is 19.6. The van der Waals surface area contributed by atoms with Crippen molar-refractivity contribution in [1.29, 1.82) is 0 Å². The van der Waals surface area contributed by atoms with Crippen molar-refractivity contribution >= 4 is 5.78 Å². The van der Waals surface area contributed by atoms with E-state index in [2.05, 4.69) is 32.4 Å². The summed E-state index contributed by atoms with van der Waals surface area (Å²) in [5.41, 5.74) is 5.12. The van der Waals surface area contributed by atoms with E-state index >= 15 is 0 Å². The molecule has 8 heteroatoms. The van der Waals surface area contributed by atoms with Gasteiger partial charge in [-0.3, -0.25) is 9.36 Å². The Labute approximate surface area is 144 Å². The van der Waals surface area contributed by atoms with Crippen molar-refractivity contribution in [3.63, 3.8) is 0 Å². The Morgan fingerprint density at radius 1 is 1.04 bits per heavy atom. The summed E-state index contributed by atoms with van der Waals surface area (Å²) in [7, 11) is 3.90. The topological polar surface area (TPSA) is 78.7 Å². The maximum absolute atomic E-state index is 4.72. The van der Waals surface area contributed by atoms with Gasteiger partial charge in [0, 0.05) is 26.2 Å². The Bertz CT molecular complexity index is 1090. The molecule has 2 atom stereocenters. The number of imidazole rings is 1. The van der Waals surface area contributed by atoms with Crippen LogP contribution in [0.15, 0.2) is 30.9 Å². The summed E-state index contributed by atoms with van der Waals surface area (Å²) in [4.78, 5) is 8.62. The molecule has 4 aromatic heterocycles. The molecule has 0 spiro atoms. The summed E-state index contributed by atoms with van der Waals surface area (Å²) in [5.74, 6) is 1.58. The lowest BCUT2D eigenvalue weighted by atomic mass is 10.1. The number of fused-ring (bicyclic) bond motifs is 1. The molecule has 1 aliphatic rings. The standard InChI is InChI=1S/C17H18N8/c1-10-6-18-17-19-8-15(22-25(10)17)16-5-14(21-24(16)3)13-4-12(13)11-7-20-23(2)9-11/h5-9,12-13H,4H2,1-3H3. The smallest absolute Gasteiger partial charge is 0.250 e. The second-order valence-electron chi connectivity index (χ2n) is 6.73. The van der Waals surface area contributed by atoms with Gasteiger partial charge in [0.1, 0.15) is 5.69 Å². The first kappa shape index (κ1) is 14.3. The van der Waals surface area contributed by atoms with Crippen molar-refractivity contribution < 1.29 is 0 Å². The van der Waals surface area contributed by atoms with E-state index < -0.39 is 0 Å². The molecule has 0 N–H and O–H groups in total. The zero-order valence-corrected chi connectivity index (χ0v) is 14.3. The van der Waals surface area contributed by atoms with E-state index in [-0.39, 0.29) is 0 Å². The highest BCUT2D eigenvalue weighted by Crippen LogP contribution is 2.54. The molecule has 0 radical (unpaired) electrons. The first-order chi connectivity index (χ1) is 12.1.